The highest BCUT2D eigenvalue weighted by molar-refractivity contribution is 5.31. The minimum Gasteiger partial charge on any atom is -0.375 e. The summed E-state index contributed by atoms with van der Waals surface area (Å²) in [6.07, 6.45) is 3.21. The summed E-state index contributed by atoms with van der Waals surface area (Å²) in [5.41, 5.74) is 1.03. The average Bonchev–Trinajstić information content (AvgIpc) is 2.18. The molecule has 76 valence electrons. The molecule has 0 spiro atoms. The van der Waals surface area contributed by atoms with Gasteiger partial charge in [-0.15, -0.1) is 0 Å². The molecule has 1 N–H and O–H groups in total. The molecule has 0 aliphatic rings. The Morgan fingerprint density at radius 2 is 2.50 bits per heavy atom. The van der Waals surface area contributed by atoms with Crippen LogP contribution in [0.2, 0.25) is 0 Å². The number of rotatable bonds is 6. The van der Waals surface area contributed by atoms with Gasteiger partial charge in [0.1, 0.15) is 12.1 Å². The molecule has 0 saturated heterocycles. The highest BCUT2D eigenvalue weighted by Gasteiger charge is 1.91. The number of hydrogen-bond acceptors (Lipinski definition) is 4. The van der Waals surface area contributed by atoms with Crippen molar-refractivity contribution in [1.29, 1.82) is 0 Å². The van der Waals surface area contributed by atoms with E-state index in [4.69, 9.17) is 4.74 Å². The molecule has 0 atom stereocenters. The van der Waals surface area contributed by atoms with Crippen LogP contribution in [-0.4, -0.2) is 29.7 Å². The number of aromatic nitrogens is 2. The number of ether oxygens (including phenoxy) is 1. The fraction of sp³-hybridized carbons (Fsp3) is 0.400. The molecule has 4 nitrogen and oxygen atoms in total. The van der Waals surface area contributed by atoms with Gasteiger partial charge in [0.15, 0.2) is 0 Å². The molecule has 0 radical (unpaired) electrons. The van der Waals surface area contributed by atoms with Crippen LogP contribution in [0.15, 0.2) is 30.7 Å². The molecule has 0 aromatic carbocycles. The summed E-state index contributed by atoms with van der Waals surface area (Å²) in [4.78, 5) is 7.84. The summed E-state index contributed by atoms with van der Waals surface area (Å²) < 4.78 is 5.31. The van der Waals surface area contributed by atoms with Crippen molar-refractivity contribution in [2.45, 2.75) is 6.92 Å². The van der Waals surface area contributed by atoms with Crippen LogP contribution >= 0.6 is 0 Å². The minimum atomic E-state index is 0.617. The highest BCUT2D eigenvalue weighted by atomic mass is 16.5. The van der Waals surface area contributed by atoms with Crippen molar-refractivity contribution in [3.05, 3.63) is 30.7 Å². The van der Waals surface area contributed by atoms with Gasteiger partial charge in [-0.1, -0.05) is 12.2 Å². The van der Waals surface area contributed by atoms with E-state index in [1.54, 1.807) is 6.20 Å². The lowest BCUT2D eigenvalue weighted by molar-refractivity contribution is 0.167. The highest BCUT2D eigenvalue weighted by Crippen LogP contribution is 1.96. The third-order valence-corrected chi connectivity index (χ3v) is 1.48. The van der Waals surface area contributed by atoms with Gasteiger partial charge in [0.2, 0.25) is 0 Å². The smallest absolute Gasteiger partial charge is 0.129 e. The first kappa shape index (κ1) is 10.7. The van der Waals surface area contributed by atoms with Crippen LogP contribution in [-0.2, 0) is 4.74 Å². The van der Waals surface area contributed by atoms with Crippen molar-refractivity contribution in [1.82, 2.24) is 9.97 Å². The lowest BCUT2D eigenvalue weighted by Gasteiger charge is -2.05. The van der Waals surface area contributed by atoms with Gasteiger partial charge < -0.3 is 10.1 Å². The first-order valence-corrected chi connectivity index (χ1v) is 4.51. The van der Waals surface area contributed by atoms with Gasteiger partial charge in [0.05, 0.1) is 13.2 Å². The molecule has 1 aromatic rings. The van der Waals surface area contributed by atoms with E-state index in [0.29, 0.717) is 13.2 Å². The fourth-order valence-electron chi connectivity index (χ4n) is 0.893. The van der Waals surface area contributed by atoms with Crippen LogP contribution in [0, 0.1) is 0 Å². The van der Waals surface area contributed by atoms with Crippen molar-refractivity contribution >= 4 is 5.82 Å². The molecule has 1 rings (SSSR count). The first-order chi connectivity index (χ1) is 6.79. The predicted molar refractivity (Wildman–Crippen MR) is 56.2 cm³/mol. The molecular weight excluding hydrogens is 178 g/mol. The summed E-state index contributed by atoms with van der Waals surface area (Å²) in [5, 5.41) is 3.11. The summed E-state index contributed by atoms with van der Waals surface area (Å²) in [5.74, 6) is 0.818. The number of nitrogens with one attached hydrogen (secondary N) is 1. The van der Waals surface area contributed by atoms with Gasteiger partial charge in [-0.2, -0.15) is 0 Å². The maximum atomic E-state index is 5.31. The summed E-state index contributed by atoms with van der Waals surface area (Å²) in [6.45, 7) is 7.69. The van der Waals surface area contributed by atoms with Crippen LogP contribution < -0.4 is 5.32 Å². The summed E-state index contributed by atoms with van der Waals surface area (Å²) in [6, 6.07) is 1.82. The molecule has 0 unspecified atom stereocenters. The maximum Gasteiger partial charge on any atom is 0.129 e. The Morgan fingerprint density at radius 1 is 1.64 bits per heavy atom. The van der Waals surface area contributed by atoms with E-state index < -0.39 is 0 Å². The molecule has 14 heavy (non-hydrogen) atoms. The molecule has 4 heteroatoms. The Bertz CT molecular complexity index is 274. The second kappa shape index (κ2) is 6.10. The zero-order chi connectivity index (χ0) is 10.2. The van der Waals surface area contributed by atoms with Gasteiger partial charge >= 0.3 is 0 Å². The average molecular weight is 193 g/mol. The lowest BCUT2D eigenvalue weighted by atomic mass is 10.4. The summed E-state index contributed by atoms with van der Waals surface area (Å²) in [7, 11) is 0. The van der Waals surface area contributed by atoms with Crippen molar-refractivity contribution in [3.8, 4) is 0 Å². The fourth-order valence-corrected chi connectivity index (χ4v) is 0.893. The Morgan fingerprint density at radius 3 is 3.14 bits per heavy atom. The van der Waals surface area contributed by atoms with E-state index in [1.165, 1.54) is 6.33 Å². The van der Waals surface area contributed by atoms with E-state index in [-0.39, 0.29) is 0 Å². The molecule has 0 saturated carbocycles. The maximum absolute atomic E-state index is 5.31. The van der Waals surface area contributed by atoms with E-state index in [0.717, 1.165) is 17.9 Å². The molecule has 1 heterocycles. The first-order valence-electron chi connectivity index (χ1n) is 4.51. The topological polar surface area (TPSA) is 47.0 Å². The molecule has 0 amide bonds. The van der Waals surface area contributed by atoms with E-state index in [9.17, 15) is 0 Å². The lowest BCUT2D eigenvalue weighted by Crippen LogP contribution is -2.11. The molecular formula is C10H15N3O. The second-order valence-corrected chi connectivity index (χ2v) is 3.03. The van der Waals surface area contributed by atoms with E-state index in [2.05, 4.69) is 21.9 Å². The summed E-state index contributed by atoms with van der Waals surface area (Å²) >= 11 is 0. The Balaban J connectivity index is 2.08. The third kappa shape index (κ3) is 4.57. The van der Waals surface area contributed by atoms with Crippen molar-refractivity contribution in [2.75, 3.05) is 25.1 Å². The second-order valence-electron chi connectivity index (χ2n) is 3.03. The Hall–Kier alpha value is -1.42. The number of hydrogen-bond donors (Lipinski definition) is 1. The van der Waals surface area contributed by atoms with Crippen LogP contribution in [0.1, 0.15) is 6.92 Å². The van der Waals surface area contributed by atoms with Crippen LogP contribution in [0.3, 0.4) is 0 Å². The third-order valence-electron chi connectivity index (χ3n) is 1.48. The number of nitrogens with zero attached hydrogens (tertiary/aromatic N) is 2. The zero-order valence-electron chi connectivity index (χ0n) is 8.36. The van der Waals surface area contributed by atoms with E-state index >= 15 is 0 Å². The van der Waals surface area contributed by atoms with Crippen molar-refractivity contribution in [3.63, 3.8) is 0 Å². The monoisotopic (exact) mass is 193 g/mol. The molecule has 0 aliphatic carbocycles. The largest absolute Gasteiger partial charge is 0.375 e. The standard InChI is InChI=1S/C10H15N3O/c1-9(2)7-14-6-5-12-10-3-4-11-8-13-10/h3-4,8H,1,5-7H2,2H3,(H,11,12,13). The quantitative estimate of drug-likeness (QED) is 0.549. The molecule has 0 bridgehead atoms. The predicted octanol–water partition coefficient (Wildman–Crippen LogP) is 1.48. The van der Waals surface area contributed by atoms with Gasteiger partial charge in [-0.3, -0.25) is 0 Å². The van der Waals surface area contributed by atoms with Gasteiger partial charge in [0, 0.05) is 12.7 Å². The SMILES string of the molecule is C=C(C)COCCNc1ccncn1. The van der Waals surface area contributed by atoms with Crippen LogP contribution in [0.25, 0.3) is 0 Å². The number of anilines is 1. The zero-order valence-corrected chi connectivity index (χ0v) is 8.36. The van der Waals surface area contributed by atoms with Crippen molar-refractivity contribution < 1.29 is 4.74 Å². The van der Waals surface area contributed by atoms with Gasteiger partial charge in [0.25, 0.3) is 0 Å². The van der Waals surface area contributed by atoms with Gasteiger partial charge in [-0.25, -0.2) is 9.97 Å². The normalized spacial score (nSPS) is 9.79. The van der Waals surface area contributed by atoms with Crippen LogP contribution in [0.5, 0.6) is 0 Å². The molecule has 1 aromatic heterocycles. The van der Waals surface area contributed by atoms with E-state index in [1.807, 2.05) is 13.0 Å². The van der Waals surface area contributed by atoms with Crippen molar-refractivity contribution in [2.24, 2.45) is 0 Å². The van der Waals surface area contributed by atoms with Crippen LogP contribution in [0.4, 0.5) is 5.82 Å². The van der Waals surface area contributed by atoms with Gasteiger partial charge in [-0.05, 0) is 13.0 Å². The minimum absolute atomic E-state index is 0.617. The Kier molecular flexibility index (Phi) is 4.64. The molecule has 0 fully saturated rings. The Labute approximate surface area is 84.0 Å². The molecule has 0 aliphatic heterocycles.